The number of aromatic amines is 1. The Morgan fingerprint density at radius 3 is 2.59 bits per heavy atom. The van der Waals surface area contributed by atoms with Gasteiger partial charge in [-0.25, -0.2) is 4.98 Å². The average Bonchev–Trinajstić information content (AvgIpc) is 3.27. The minimum absolute atomic E-state index is 0.111. The molecule has 142 valence electrons. The number of hydrogen-bond donors (Lipinski definition) is 3. The van der Waals surface area contributed by atoms with Gasteiger partial charge in [0.05, 0.1) is 29.6 Å². The lowest BCUT2D eigenvalue weighted by Crippen LogP contribution is -2.43. The van der Waals surface area contributed by atoms with Gasteiger partial charge in [-0.1, -0.05) is 34.9 Å². The van der Waals surface area contributed by atoms with Crippen LogP contribution in [0.15, 0.2) is 27.7 Å². The summed E-state index contributed by atoms with van der Waals surface area (Å²) in [6.45, 7) is 1.85. The van der Waals surface area contributed by atoms with Crippen LogP contribution in [-0.4, -0.2) is 50.6 Å². The lowest BCUT2D eigenvalue weighted by Gasteiger charge is -2.05. The third-order valence-corrected chi connectivity index (χ3v) is 6.03. The van der Waals surface area contributed by atoms with Gasteiger partial charge >= 0.3 is 0 Å². The summed E-state index contributed by atoms with van der Waals surface area (Å²) in [5, 5.41) is 9.25. The number of aryl methyl sites for hydroxylation is 1. The van der Waals surface area contributed by atoms with Gasteiger partial charge in [0.2, 0.25) is 11.8 Å². The second-order valence-electron chi connectivity index (χ2n) is 5.19. The van der Waals surface area contributed by atoms with E-state index in [-0.39, 0.29) is 23.3 Å². The summed E-state index contributed by atoms with van der Waals surface area (Å²) in [4.78, 5) is 31.1. The maximum atomic E-state index is 11.9. The number of carbonyl (C=O) groups excluding carboxylic acids is 2. The summed E-state index contributed by atoms with van der Waals surface area (Å²) in [6, 6.07) is 5.50. The van der Waals surface area contributed by atoms with E-state index in [1.807, 2.05) is 25.1 Å². The fraction of sp³-hybridized carbons (Fsp3) is 0.267. The molecule has 2 aromatic heterocycles. The standard InChI is InChI=1S/C15H16N6O3S3/c1-8-18-21-15(27-8)26-7-13(23)20-19-12(22)6-25-14-16-10-4-3-9(24-2)5-11(10)17-14/h3-5H,6-7H2,1-2H3,(H,16,17)(H,19,22)(H,20,23). The number of thioether (sulfide) groups is 2. The highest BCUT2D eigenvalue weighted by molar-refractivity contribution is 8.01. The van der Waals surface area contributed by atoms with Gasteiger partial charge in [-0.05, 0) is 19.1 Å². The van der Waals surface area contributed by atoms with Crippen LogP contribution in [0.25, 0.3) is 11.0 Å². The molecule has 0 atom stereocenters. The molecule has 3 aromatic rings. The summed E-state index contributed by atoms with van der Waals surface area (Å²) >= 11 is 3.92. The lowest BCUT2D eigenvalue weighted by atomic mass is 10.3. The molecule has 0 aliphatic carbocycles. The minimum atomic E-state index is -0.330. The Labute approximate surface area is 167 Å². The molecular formula is C15H16N6O3S3. The van der Waals surface area contributed by atoms with E-state index in [0.29, 0.717) is 9.50 Å². The van der Waals surface area contributed by atoms with E-state index in [9.17, 15) is 9.59 Å². The Bertz CT molecular complexity index is 957. The Morgan fingerprint density at radius 1 is 1.19 bits per heavy atom. The van der Waals surface area contributed by atoms with Crippen molar-refractivity contribution in [2.45, 2.75) is 16.4 Å². The maximum Gasteiger partial charge on any atom is 0.248 e. The number of methoxy groups -OCH3 is 1. The van der Waals surface area contributed by atoms with Crippen molar-refractivity contribution >= 4 is 57.7 Å². The van der Waals surface area contributed by atoms with E-state index < -0.39 is 0 Å². The van der Waals surface area contributed by atoms with E-state index >= 15 is 0 Å². The van der Waals surface area contributed by atoms with Crippen LogP contribution in [0, 0.1) is 6.92 Å². The second-order valence-corrected chi connectivity index (χ2v) is 8.55. The van der Waals surface area contributed by atoms with Crippen LogP contribution in [0.4, 0.5) is 0 Å². The SMILES string of the molecule is COc1ccc2nc(SCC(=O)NNC(=O)CSc3nnc(C)s3)[nH]c2c1. The quantitative estimate of drug-likeness (QED) is 0.387. The van der Waals surface area contributed by atoms with Crippen molar-refractivity contribution in [1.29, 1.82) is 0 Å². The topological polar surface area (TPSA) is 122 Å². The van der Waals surface area contributed by atoms with Crippen molar-refractivity contribution in [2.24, 2.45) is 0 Å². The summed E-state index contributed by atoms with van der Waals surface area (Å²) in [5.74, 6) is 0.336. The molecule has 0 radical (unpaired) electrons. The van der Waals surface area contributed by atoms with Crippen LogP contribution in [0.2, 0.25) is 0 Å². The summed E-state index contributed by atoms with van der Waals surface area (Å²) in [7, 11) is 1.60. The maximum absolute atomic E-state index is 11.9. The molecule has 2 amide bonds. The van der Waals surface area contributed by atoms with E-state index in [2.05, 4.69) is 31.0 Å². The molecule has 0 fully saturated rings. The van der Waals surface area contributed by atoms with Crippen molar-refractivity contribution in [1.82, 2.24) is 31.0 Å². The van der Waals surface area contributed by atoms with Crippen molar-refractivity contribution in [2.75, 3.05) is 18.6 Å². The van der Waals surface area contributed by atoms with Crippen molar-refractivity contribution in [3.05, 3.63) is 23.2 Å². The molecule has 1 aromatic carbocycles. The Hall–Kier alpha value is -2.31. The van der Waals surface area contributed by atoms with Gasteiger partial charge in [-0.15, -0.1) is 10.2 Å². The first-order valence-corrected chi connectivity index (χ1v) is 10.5. The number of carbonyl (C=O) groups is 2. The largest absolute Gasteiger partial charge is 0.497 e. The number of H-pyrrole nitrogens is 1. The number of hydrogen-bond acceptors (Lipinski definition) is 9. The number of aromatic nitrogens is 4. The monoisotopic (exact) mass is 424 g/mol. The van der Waals surface area contributed by atoms with Crippen LogP contribution in [-0.2, 0) is 9.59 Å². The molecule has 9 nitrogen and oxygen atoms in total. The Kier molecular flexibility index (Phi) is 6.53. The van der Waals surface area contributed by atoms with Crippen LogP contribution in [0.3, 0.4) is 0 Å². The van der Waals surface area contributed by atoms with Crippen LogP contribution < -0.4 is 15.6 Å². The van der Waals surface area contributed by atoms with Gasteiger partial charge in [0.1, 0.15) is 10.8 Å². The van der Waals surface area contributed by atoms with Crippen molar-refractivity contribution in [3.63, 3.8) is 0 Å². The van der Waals surface area contributed by atoms with E-state index in [4.69, 9.17) is 4.74 Å². The molecule has 0 unspecified atom stereocenters. The molecule has 3 N–H and O–H groups in total. The highest BCUT2D eigenvalue weighted by Crippen LogP contribution is 2.23. The van der Waals surface area contributed by atoms with Crippen LogP contribution in [0.5, 0.6) is 5.75 Å². The predicted octanol–water partition coefficient (Wildman–Crippen LogP) is 1.76. The zero-order valence-corrected chi connectivity index (χ0v) is 16.9. The average molecular weight is 425 g/mol. The number of nitrogens with one attached hydrogen (secondary N) is 3. The highest BCUT2D eigenvalue weighted by atomic mass is 32.2. The van der Waals surface area contributed by atoms with Gasteiger partial charge in [0.15, 0.2) is 9.50 Å². The minimum Gasteiger partial charge on any atom is -0.497 e. The van der Waals surface area contributed by atoms with E-state index in [1.54, 1.807) is 7.11 Å². The predicted molar refractivity (Wildman–Crippen MR) is 105 cm³/mol. The summed E-state index contributed by atoms with van der Waals surface area (Å²) in [6.07, 6.45) is 0. The molecule has 0 aliphatic rings. The Balaban J connectivity index is 1.40. The third kappa shape index (κ3) is 5.58. The molecular weight excluding hydrogens is 408 g/mol. The van der Waals surface area contributed by atoms with E-state index in [1.165, 1.54) is 34.9 Å². The number of nitrogens with zero attached hydrogens (tertiary/aromatic N) is 3. The third-order valence-electron chi connectivity index (χ3n) is 3.18. The summed E-state index contributed by atoms with van der Waals surface area (Å²) < 4.78 is 5.88. The van der Waals surface area contributed by atoms with Crippen LogP contribution >= 0.6 is 34.9 Å². The zero-order valence-electron chi connectivity index (χ0n) is 14.4. The lowest BCUT2D eigenvalue weighted by molar-refractivity contribution is -0.126. The van der Waals surface area contributed by atoms with Gasteiger partial charge in [-0.2, -0.15) is 0 Å². The van der Waals surface area contributed by atoms with E-state index in [0.717, 1.165) is 21.8 Å². The summed E-state index contributed by atoms with van der Waals surface area (Å²) in [5.41, 5.74) is 6.37. The van der Waals surface area contributed by atoms with Gasteiger partial charge in [0, 0.05) is 6.07 Å². The first-order chi connectivity index (χ1) is 13.0. The fourth-order valence-electron chi connectivity index (χ4n) is 1.97. The number of rotatable bonds is 7. The smallest absolute Gasteiger partial charge is 0.248 e. The number of imidazole rings is 1. The molecule has 0 spiro atoms. The van der Waals surface area contributed by atoms with Crippen molar-refractivity contribution < 1.29 is 14.3 Å². The fourth-order valence-corrected chi connectivity index (χ4v) is 4.27. The first-order valence-electron chi connectivity index (χ1n) is 7.70. The molecule has 0 aliphatic heterocycles. The van der Waals surface area contributed by atoms with Crippen LogP contribution in [0.1, 0.15) is 5.01 Å². The second kappa shape index (κ2) is 9.06. The first kappa shape index (κ1) is 19.5. The molecule has 12 heteroatoms. The molecule has 0 saturated carbocycles. The molecule has 0 bridgehead atoms. The van der Waals surface area contributed by atoms with Gasteiger partial charge in [0.25, 0.3) is 0 Å². The van der Waals surface area contributed by atoms with Gasteiger partial charge in [-0.3, -0.25) is 20.4 Å². The molecule has 0 saturated heterocycles. The molecule has 3 rings (SSSR count). The highest BCUT2D eigenvalue weighted by Gasteiger charge is 2.10. The number of ether oxygens (including phenoxy) is 1. The zero-order chi connectivity index (χ0) is 19.2. The Morgan fingerprint density at radius 2 is 1.93 bits per heavy atom. The van der Waals surface area contributed by atoms with Crippen molar-refractivity contribution in [3.8, 4) is 5.75 Å². The van der Waals surface area contributed by atoms with Gasteiger partial charge < -0.3 is 9.72 Å². The molecule has 2 heterocycles. The number of amides is 2. The normalized spacial score (nSPS) is 10.7. The number of benzene rings is 1. The number of fused-ring (bicyclic) bond motifs is 1. The number of hydrazine groups is 1. The molecule has 27 heavy (non-hydrogen) atoms.